The molecule has 148 valence electrons. The molecule has 1 aromatic carbocycles. The Hall–Kier alpha value is -2.17. The van der Waals surface area contributed by atoms with Crippen molar-refractivity contribution in [3.05, 3.63) is 65.1 Å². The molecule has 0 spiro atoms. The van der Waals surface area contributed by atoms with E-state index >= 15 is 0 Å². The maximum absolute atomic E-state index is 4.46. The number of nitrogens with one attached hydrogen (secondary N) is 1. The number of likely N-dealkylation sites (tertiary alicyclic amines) is 1. The number of piperidine rings is 1. The fourth-order valence-electron chi connectivity index (χ4n) is 4.49. The molecule has 2 aromatic heterocycles. The zero-order chi connectivity index (χ0) is 19.5. The molecule has 4 rings (SSSR count). The van der Waals surface area contributed by atoms with Gasteiger partial charge in [0.15, 0.2) is 0 Å². The van der Waals surface area contributed by atoms with Gasteiger partial charge in [0, 0.05) is 60.6 Å². The molecule has 0 radical (unpaired) electrons. The lowest BCUT2D eigenvalue weighted by Crippen LogP contribution is -2.46. The van der Waals surface area contributed by atoms with Crippen LogP contribution in [0.2, 0.25) is 0 Å². The molecule has 0 amide bonds. The van der Waals surface area contributed by atoms with Gasteiger partial charge in [0.1, 0.15) is 0 Å². The fourth-order valence-corrected chi connectivity index (χ4v) is 4.49. The van der Waals surface area contributed by atoms with E-state index in [1.807, 2.05) is 12.3 Å². The second kappa shape index (κ2) is 8.46. The third-order valence-corrected chi connectivity index (χ3v) is 6.34. The average Bonchev–Trinajstić information content (AvgIpc) is 3.04. The van der Waals surface area contributed by atoms with Crippen LogP contribution in [0.5, 0.6) is 0 Å². The minimum atomic E-state index is 0.629. The van der Waals surface area contributed by atoms with Crippen LogP contribution in [0, 0.1) is 13.8 Å². The number of likely N-dealkylation sites (N-methyl/N-ethyl adjacent to an activating group) is 1. The molecular formula is C24H32N4. The molecule has 0 bridgehead atoms. The molecule has 4 nitrogen and oxygen atoms in total. The largest absolute Gasteiger partial charge is 0.357 e. The van der Waals surface area contributed by atoms with Gasteiger partial charge in [-0.15, -0.1) is 0 Å². The van der Waals surface area contributed by atoms with Crippen molar-refractivity contribution in [2.75, 3.05) is 26.7 Å². The molecule has 0 saturated carbocycles. The van der Waals surface area contributed by atoms with Crippen LogP contribution >= 0.6 is 0 Å². The van der Waals surface area contributed by atoms with E-state index in [0.717, 1.165) is 26.1 Å². The molecule has 4 heteroatoms. The molecule has 1 aliphatic heterocycles. The van der Waals surface area contributed by atoms with Gasteiger partial charge in [0.05, 0.1) is 0 Å². The highest BCUT2D eigenvalue weighted by atomic mass is 15.2. The van der Waals surface area contributed by atoms with Gasteiger partial charge in [-0.05, 0) is 63.5 Å². The Balaban J connectivity index is 1.38. The second-order valence-corrected chi connectivity index (χ2v) is 8.31. The van der Waals surface area contributed by atoms with Gasteiger partial charge in [-0.1, -0.05) is 24.3 Å². The molecule has 3 heterocycles. The Morgan fingerprint density at radius 3 is 2.86 bits per heavy atom. The molecule has 3 aromatic rings. The van der Waals surface area contributed by atoms with Crippen molar-refractivity contribution in [2.45, 2.75) is 45.7 Å². The molecular weight excluding hydrogens is 344 g/mol. The van der Waals surface area contributed by atoms with Gasteiger partial charge in [-0.25, -0.2) is 0 Å². The minimum Gasteiger partial charge on any atom is -0.357 e. The summed E-state index contributed by atoms with van der Waals surface area (Å²) in [6.07, 6.45) is 5.48. The number of pyridine rings is 1. The summed E-state index contributed by atoms with van der Waals surface area (Å²) < 4.78 is 0. The Morgan fingerprint density at radius 1 is 1.18 bits per heavy atom. The molecule has 28 heavy (non-hydrogen) atoms. The van der Waals surface area contributed by atoms with Gasteiger partial charge in [0.25, 0.3) is 0 Å². The van der Waals surface area contributed by atoms with Gasteiger partial charge in [0.2, 0.25) is 0 Å². The van der Waals surface area contributed by atoms with Crippen LogP contribution < -0.4 is 0 Å². The number of para-hydroxylation sites is 1. The third kappa shape index (κ3) is 4.13. The van der Waals surface area contributed by atoms with Crippen molar-refractivity contribution in [3.8, 4) is 0 Å². The van der Waals surface area contributed by atoms with Crippen LogP contribution in [0.25, 0.3) is 10.9 Å². The number of aromatic amines is 1. The van der Waals surface area contributed by atoms with Crippen molar-refractivity contribution in [1.82, 2.24) is 19.8 Å². The second-order valence-electron chi connectivity index (χ2n) is 8.31. The first-order valence-electron chi connectivity index (χ1n) is 10.5. The van der Waals surface area contributed by atoms with Gasteiger partial charge < -0.3 is 9.88 Å². The minimum absolute atomic E-state index is 0.629. The number of aromatic nitrogens is 2. The maximum atomic E-state index is 4.46. The summed E-state index contributed by atoms with van der Waals surface area (Å²) in [6.45, 7) is 8.87. The molecule has 1 fully saturated rings. The highest BCUT2D eigenvalue weighted by molar-refractivity contribution is 5.86. The predicted molar refractivity (Wildman–Crippen MR) is 117 cm³/mol. The van der Waals surface area contributed by atoms with E-state index in [4.69, 9.17) is 0 Å². The Morgan fingerprint density at radius 2 is 2.07 bits per heavy atom. The Bertz CT molecular complexity index is 915. The number of aryl methyl sites for hydroxylation is 2. The number of hydrogen-bond donors (Lipinski definition) is 1. The van der Waals surface area contributed by atoms with E-state index in [0.29, 0.717) is 6.04 Å². The van der Waals surface area contributed by atoms with Crippen molar-refractivity contribution < 1.29 is 0 Å². The average molecular weight is 377 g/mol. The molecule has 1 N–H and O–H groups in total. The van der Waals surface area contributed by atoms with Crippen LogP contribution in [0.1, 0.15) is 35.4 Å². The lowest BCUT2D eigenvalue weighted by molar-refractivity contribution is 0.111. The van der Waals surface area contributed by atoms with Gasteiger partial charge >= 0.3 is 0 Å². The van der Waals surface area contributed by atoms with Crippen LogP contribution in [0.3, 0.4) is 0 Å². The standard InChI is InChI=1S/C24H32N4/c1-18-8-6-11-22-19(2)23(26-24(18)22)17-28-14-7-10-21(16-28)27(3)15-12-20-9-4-5-13-25-20/h4-6,8-9,11,13,21,26H,7,10,12,14-17H2,1-3H3/t21-/m0/s1. The smallest absolute Gasteiger partial charge is 0.0488 e. The van der Waals surface area contributed by atoms with Crippen LogP contribution in [-0.2, 0) is 13.0 Å². The first-order chi connectivity index (χ1) is 13.6. The molecule has 0 aliphatic carbocycles. The Kier molecular flexibility index (Phi) is 5.79. The number of benzene rings is 1. The number of H-pyrrole nitrogens is 1. The predicted octanol–water partition coefficient (Wildman–Crippen LogP) is 4.32. The zero-order valence-corrected chi connectivity index (χ0v) is 17.4. The summed E-state index contributed by atoms with van der Waals surface area (Å²) in [5.41, 5.74) is 6.60. The third-order valence-electron chi connectivity index (χ3n) is 6.34. The zero-order valence-electron chi connectivity index (χ0n) is 17.4. The first kappa shape index (κ1) is 19.2. The number of rotatable bonds is 6. The van der Waals surface area contributed by atoms with Crippen LogP contribution in [-0.4, -0.2) is 52.5 Å². The van der Waals surface area contributed by atoms with Crippen molar-refractivity contribution in [2.24, 2.45) is 0 Å². The van der Waals surface area contributed by atoms with E-state index in [9.17, 15) is 0 Å². The summed E-state index contributed by atoms with van der Waals surface area (Å²) in [5.74, 6) is 0. The van der Waals surface area contributed by atoms with Crippen LogP contribution in [0.4, 0.5) is 0 Å². The first-order valence-corrected chi connectivity index (χ1v) is 10.5. The van der Waals surface area contributed by atoms with E-state index in [1.165, 1.54) is 52.8 Å². The fraction of sp³-hybridized carbons (Fsp3) is 0.458. The molecule has 1 atom stereocenters. The maximum Gasteiger partial charge on any atom is 0.0488 e. The highest BCUT2D eigenvalue weighted by Crippen LogP contribution is 2.26. The number of nitrogens with zero attached hydrogens (tertiary/aromatic N) is 3. The molecule has 0 unspecified atom stereocenters. The quantitative estimate of drug-likeness (QED) is 0.696. The van der Waals surface area contributed by atoms with E-state index in [2.05, 4.69) is 71.0 Å². The molecule has 1 aliphatic rings. The summed E-state index contributed by atoms with van der Waals surface area (Å²) in [5, 5.41) is 1.37. The lowest BCUT2D eigenvalue weighted by atomic mass is 10.0. The van der Waals surface area contributed by atoms with E-state index < -0.39 is 0 Å². The SMILES string of the molecule is Cc1c(CN2CCC[C@H](N(C)CCc3ccccn3)C2)[nH]c2c(C)cccc12. The summed E-state index contributed by atoms with van der Waals surface area (Å²) >= 11 is 0. The lowest BCUT2D eigenvalue weighted by Gasteiger charge is -2.37. The Labute approximate surface area is 168 Å². The number of hydrogen-bond acceptors (Lipinski definition) is 3. The van der Waals surface area contributed by atoms with Crippen molar-refractivity contribution >= 4 is 10.9 Å². The summed E-state index contributed by atoms with van der Waals surface area (Å²) in [7, 11) is 2.27. The molecule has 1 saturated heterocycles. The monoisotopic (exact) mass is 376 g/mol. The van der Waals surface area contributed by atoms with Crippen molar-refractivity contribution in [3.63, 3.8) is 0 Å². The summed E-state index contributed by atoms with van der Waals surface area (Å²) in [6, 6.07) is 13.4. The normalized spacial score (nSPS) is 18.2. The topological polar surface area (TPSA) is 35.2 Å². The van der Waals surface area contributed by atoms with E-state index in [-0.39, 0.29) is 0 Å². The summed E-state index contributed by atoms with van der Waals surface area (Å²) in [4.78, 5) is 13.3. The van der Waals surface area contributed by atoms with Gasteiger partial charge in [-0.2, -0.15) is 0 Å². The number of fused-ring (bicyclic) bond motifs is 1. The van der Waals surface area contributed by atoms with Crippen LogP contribution in [0.15, 0.2) is 42.6 Å². The highest BCUT2D eigenvalue weighted by Gasteiger charge is 2.24. The van der Waals surface area contributed by atoms with Crippen molar-refractivity contribution in [1.29, 1.82) is 0 Å². The van der Waals surface area contributed by atoms with E-state index in [1.54, 1.807) is 0 Å². The van der Waals surface area contributed by atoms with Gasteiger partial charge in [-0.3, -0.25) is 9.88 Å².